The molecule has 1 aromatic carbocycles. The highest BCUT2D eigenvalue weighted by Crippen LogP contribution is 2.20. The number of benzene rings is 1. The first-order valence-electron chi connectivity index (χ1n) is 5.73. The van der Waals surface area contributed by atoms with Crippen LogP contribution >= 0.6 is 0 Å². The van der Waals surface area contributed by atoms with Crippen molar-refractivity contribution in [3.8, 4) is 0 Å². The Morgan fingerprint density at radius 3 is 2.65 bits per heavy atom. The first-order valence-corrected chi connectivity index (χ1v) is 5.73. The van der Waals surface area contributed by atoms with Crippen molar-refractivity contribution in [3.05, 3.63) is 43.0 Å². The van der Waals surface area contributed by atoms with Crippen molar-refractivity contribution in [2.45, 2.75) is 25.8 Å². The average molecular weight is 233 g/mol. The predicted molar refractivity (Wildman–Crippen MR) is 69.9 cm³/mol. The van der Waals surface area contributed by atoms with Gasteiger partial charge in [-0.1, -0.05) is 24.3 Å². The number of esters is 1. The third-order valence-corrected chi connectivity index (χ3v) is 2.47. The minimum Gasteiger partial charge on any atom is -0.464 e. The second-order valence-corrected chi connectivity index (χ2v) is 4.04. The van der Waals surface area contributed by atoms with E-state index >= 15 is 0 Å². The number of nitrogens with one attached hydrogen (secondary N) is 1. The van der Waals surface area contributed by atoms with Crippen LogP contribution in [0.4, 0.5) is 5.69 Å². The predicted octanol–water partition coefficient (Wildman–Crippen LogP) is 3.00. The van der Waals surface area contributed by atoms with E-state index in [9.17, 15) is 4.79 Å². The van der Waals surface area contributed by atoms with Gasteiger partial charge in [0.2, 0.25) is 0 Å². The van der Waals surface area contributed by atoms with Gasteiger partial charge in [-0.15, -0.1) is 6.58 Å². The molecule has 1 aromatic rings. The molecule has 0 heterocycles. The molecule has 17 heavy (non-hydrogen) atoms. The Labute approximate surface area is 102 Å². The van der Waals surface area contributed by atoms with Gasteiger partial charge in [0.05, 0.1) is 6.61 Å². The summed E-state index contributed by atoms with van der Waals surface area (Å²) in [6.45, 7) is 7.68. The number of carbonyl (C=O) groups excluding carboxylic acids is 1. The van der Waals surface area contributed by atoms with Crippen LogP contribution < -0.4 is 5.32 Å². The van der Waals surface area contributed by atoms with Crippen LogP contribution in [-0.4, -0.2) is 18.1 Å². The van der Waals surface area contributed by atoms with Gasteiger partial charge in [0, 0.05) is 5.69 Å². The largest absolute Gasteiger partial charge is 0.464 e. The van der Waals surface area contributed by atoms with Gasteiger partial charge in [-0.2, -0.15) is 0 Å². The molecule has 1 atom stereocenters. The Kier molecular flexibility index (Phi) is 4.76. The summed E-state index contributed by atoms with van der Waals surface area (Å²) in [5.41, 5.74) is 0.129. The van der Waals surface area contributed by atoms with Crippen molar-refractivity contribution in [2.24, 2.45) is 0 Å². The van der Waals surface area contributed by atoms with Crippen LogP contribution in [0.1, 0.15) is 20.3 Å². The molecule has 0 bridgehead atoms. The van der Waals surface area contributed by atoms with Crippen LogP contribution in [0.3, 0.4) is 0 Å². The second-order valence-electron chi connectivity index (χ2n) is 4.04. The third kappa shape index (κ3) is 3.63. The summed E-state index contributed by atoms with van der Waals surface area (Å²) in [6.07, 6.45) is 2.23. The maximum Gasteiger partial charge on any atom is 0.331 e. The first-order chi connectivity index (χ1) is 8.12. The van der Waals surface area contributed by atoms with Crippen molar-refractivity contribution >= 4 is 11.7 Å². The van der Waals surface area contributed by atoms with Crippen molar-refractivity contribution in [1.29, 1.82) is 0 Å². The van der Waals surface area contributed by atoms with E-state index in [0.29, 0.717) is 13.0 Å². The summed E-state index contributed by atoms with van der Waals surface area (Å²) < 4.78 is 5.08. The number of ether oxygens (including phenoxy) is 1. The van der Waals surface area contributed by atoms with Crippen molar-refractivity contribution in [1.82, 2.24) is 0 Å². The lowest BCUT2D eigenvalue weighted by Crippen LogP contribution is -2.44. The molecule has 92 valence electrons. The number of para-hydroxylation sites is 1. The van der Waals surface area contributed by atoms with E-state index in [0.717, 1.165) is 5.69 Å². The fourth-order valence-corrected chi connectivity index (χ4v) is 1.60. The Morgan fingerprint density at radius 2 is 2.12 bits per heavy atom. The van der Waals surface area contributed by atoms with Crippen molar-refractivity contribution in [3.63, 3.8) is 0 Å². The third-order valence-electron chi connectivity index (χ3n) is 2.47. The zero-order valence-electron chi connectivity index (χ0n) is 10.4. The van der Waals surface area contributed by atoms with Gasteiger partial charge in [-0.25, -0.2) is 4.79 Å². The first kappa shape index (κ1) is 13.3. The highest BCUT2D eigenvalue weighted by molar-refractivity contribution is 5.84. The molecule has 0 aliphatic rings. The normalized spacial score (nSPS) is 13.5. The molecule has 0 saturated heterocycles. The topological polar surface area (TPSA) is 38.3 Å². The summed E-state index contributed by atoms with van der Waals surface area (Å²) in [4.78, 5) is 11.9. The standard InChI is InChI=1S/C14H19NO2/c1-4-11-14(3,13(16)17-5-2)15-12-9-7-6-8-10-12/h4,6-10,15H,1,5,11H2,2-3H3. The van der Waals surface area contributed by atoms with E-state index in [1.807, 2.05) is 37.3 Å². The smallest absolute Gasteiger partial charge is 0.331 e. The van der Waals surface area contributed by atoms with E-state index in [4.69, 9.17) is 4.74 Å². The summed E-state index contributed by atoms with van der Waals surface area (Å²) >= 11 is 0. The molecule has 0 fully saturated rings. The van der Waals surface area contributed by atoms with E-state index in [1.54, 1.807) is 13.0 Å². The molecule has 1 rings (SSSR count). The van der Waals surface area contributed by atoms with Gasteiger partial charge in [0.25, 0.3) is 0 Å². The lowest BCUT2D eigenvalue weighted by molar-refractivity contribution is -0.147. The Hall–Kier alpha value is -1.77. The summed E-state index contributed by atoms with van der Waals surface area (Å²) in [7, 11) is 0. The maximum absolute atomic E-state index is 11.9. The summed E-state index contributed by atoms with van der Waals surface area (Å²) in [6, 6.07) is 9.60. The van der Waals surface area contributed by atoms with Gasteiger partial charge in [-0.05, 0) is 32.4 Å². The van der Waals surface area contributed by atoms with Crippen LogP contribution in [0.5, 0.6) is 0 Å². The van der Waals surface area contributed by atoms with Gasteiger partial charge < -0.3 is 10.1 Å². The molecule has 3 heteroatoms. The van der Waals surface area contributed by atoms with E-state index in [-0.39, 0.29) is 5.97 Å². The van der Waals surface area contributed by atoms with Gasteiger partial charge in [-0.3, -0.25) is 0 Å². The molecular weight excluding hydrogens is 214 g/mol. The molecule has 0 radical (unpaired) electrons. The van der Waals surface area contributed by atoms with Crippen LogP contribution in [0, 0.1) is 0 Å². The second kappa shape index (κ2) is 6.09. The van der Waals surface area contributed by atoms with E-state index < -0.39 is 5.54 Å². The van der Waals surface area contributed by atoms with Gasteiger partial charge in [0.1, 0.15) is 5.54 Å². The molecule has 1 unspecified atom stereocenters. The Bertz CT molecular complexity index is 375. The zero-order chi connectivity index (χ0) is 12.7. The highest BCUT2D eigenvalue weighted by Gasteiger charge is 2.33. The number of carbonyl (C=O) groups is 1. The van der Waals surface area contributed by atoms with Crippen molar-refractivity contribution < 1.29 is 9.53 Å². The highest BCUT2D eigenvalue weighted by atomic mass is 16.5. The van der Waals surface area contributed by atoms with E-state index in [2.05, 4.69) is 11.9 Å². The Morgan fingerprint density at radius 1 is 1.47 bits per heavy atom. The molecule has 0 aliphatic heterocycles. The average Bonchev–Trinajstić information content (AvgIpc) is 2.31. The minimum atomic E-state index is -0.765. The van der Waals surface area contributed by atoms with Crippen LogP contribution in [0.15, 0.2) is 43.0 Å². The molecule has 0 aliphatic carbocycles. The van der Waals surface area contributed by atoms with E-state index in [1.165, 1.54) is 0 Å². The molecular formula is C14H19NO2. The molecule has 0 saturated carbocycles. The number of hydrogen-bond donors (Lipinski definition) is 1. The monoisotopic (exact) mass is 233 g/mol. The number of hydrogen-bond acceptors (Lipinski definition) is 3. The minimum absolute atomic E-state index is 0.260. The molecule has 0 spiro atoms. The SMILES string of the molecule is C=CCC(C)(Nc1ccccc1)C(=O)OCC. The lowest BCUT2D eigenvalue weighted by Gasteiger charge is -2.28. The molecule has 3 nitrogen and oxygen atoms in total. The van der Waals surface area contributed by atoms with Gasteiger partial charge >= 0.3 is 5.97 Å². The van der Waals surface area contributed by atoms with Gasteiger partial charge in [0.15, 0.2) is 0 Å². The maximum atomic E-state index is 11.9. The number of anilines is 1. The molecule has 1 N–H and O–H groups in total. The quantitative estimate of drug-likeness (QED) is 0.606. The number of rotatable bonds is 6. The molecule has 0 aromatic heterocycles. The lowest BCUT2D eigenvalue weighted by atomic mass is 9.97. The fraction of sp³-hybridized carbons (Fsp3) is 0.357. The summed E-state index contributed by atoms with van der Waals surface area (Å²) in [5, 5.41) is 3.20. The van der Waals surface area contributed by atoms with Crippen LogP contribution in [-0.2, 0) is 9.53 Å². The van der Waals surface area contributed by atoms with Crippen LogP contribution in [0.2, 0.25) is 0 Å². The Balaban J connectivity index is 2.84. The summed E-state index contributed by atoms with van der Waals surface area (Å²) in [5.74, 6) is -0.260. The van der Waals surface area contributed by atoms with Crippen LogP contribution in [0.25, 0.3) is 0 Å². The zero-order valence-corrected chi connectivity index (χ0v) is 10.4. The molecule has 0 amide bonds. The van der Waals surface area contributed by atoms with Crippen molar-refractivity contribution in [2.75, 3.05) is 11.9 Å². The fourth-order valence-electron chi connectivity index (χ4n) is 1.60.